The number of primary amides is 1. The molecule has 3 N–H and O–H groups in total. The van der Waals surface area contributed by atoms with Crippen molar-refractivity contribution >= 4 is 23.1 Å². The minimum Gasteiger partial charge on any atom is -0.365 e. The number of aromatic nitrogens is 4. The van der Waals surface area contributed by atoms with Gasteiger partial charge in [-0.25, -0.2) is 15.0 Å². The lowest BCUT2D eigenvalue weighted by Gasteiger charge is -2.03. The lowest BCUT2D eigenvalue weighted by atomic mass is 10.1. The van der Waals surface area contributed by atoms with E-state index in [1.54, 1.807) is 30.6 Å². The first-order valence-electron chi connectivity index (χ1n) is 6.35. The van der Waals surface area contributed by atoms with Crippen LogP contribution < -0.4 is 5.73 Å². The number of aromatic amines is 1. The third kappa shape index (κ3) is 2.41. The number of rotatable bonds is 3. The van der Waals surface area contributed by atoms with Gasteiger partial charge in [0.2, 0.25) is 0 Å². The molecule has 0 saturated carbocycles. The van der Waals surface area contributed by atoms with Gasteiger partial charge in [0.25, 0.3) is 5.91 Å². The van der Waals surface area contributed by atoms with Gasteiger partial charge in [-0.05, 0) is 17.7 Å². The van der Waals surface area contributed by atoms with E-state index in [1.807, 2.05) is 6.07 Å². The molecule has 0 aliphatic heterocycles. The first kappa shape index (κ1) is 13.5. The van der Waals surface area contributed by atoms with E-state index in [2.05, 4.69) is 19.9 Å². The number of carbonyl (C=O) groups is 1. The standard InChI is InChI=1S/C15H10N6O/c16-6-11(14(17)22)5-9-2-1-3-10(4-9)12-13-15(20-7-18-12)21-8-19-13/h1-5,7-8H,(H2,17,22)(H,18,19,20,21)/b11-5+. The second-order valence-corrected chi connectivity index (χ2v) is 4.48. The van der Waals surface area contributed by atoms with Gasteiger partial charge in [0.1, 0.15) is 29.2 Å². The third-order valence-electron chi connectivity index (χ3n) is 3.07. The number of nitrogens with two attached hydrogens (primary N) is 1. The number of H-pyrrole nitrogens is 1. The summed E-state index contributed by atoms with van der Waals surface area (Å²) in [6.45, 7) is 0. The van der Waals surface area contributed by atoms with Crippen LogP contribution in [0.4, 0.5) is 0 Å². The molecule has 7 heteroatoms. The van der Waals surface area contributed by atoms with Gasteiger partial charge in [-0.1, -0.05) is 18.2 Å². The monoisotopic (exact) mass is 290 g/mol. The van der Waals surface area contributed by atoms with Crippen LogP contribution in [0.3, 0.4) is 0 Å². The van der Waals surface area contributed by atoms with Crippen molar-refractivity contribution in [3.05, 3.63) is 48.1 Å². The van der Waals surface area contributed by atoms with Gasteiger partial charge >= 0.3 is 0 Å². The van der Waals surface area contributed by atoms with E-state index in [0.717, 1.165) is 5.56 Å². The minimum absolute atomic E-state index is 0.107. The number of hydrogen-bond acceptors (Lipinski definition) is 5. The van der Waals surface area contributed by atoms with E-state index in [4.69, 9.17) is 11.0 Å². The van der Waals surface area contributed by atoms with Crippen molar-refractivity contribution in [3.8, 4) is 17.3 Å². The van der Waals surface area contributed by atoms with E-state index >= 15 is 0 Å². The Hall–Kier alpha value is -3.53. The quantitative estimate of drug-likeness (QED) is 0.558. The number of imidazole rings is 1. The van der Waals surface area contributed by atoms with E-state index in [-0.39, 0.29) is 5.57 Å². The second kappa shape index (κ2) is 5.46. The van der Waals surface area contributed by atoms with Crippen molar-refractivity contribution in [1.82, 2.24) is 19.9 Å². The minimum atomic E-state index is -0.760. The lowest BCUT2D eigenvalue weighted by Crippen LogP contribution is -2.12. The molecule has 2 aromatic heterocycles. The maximum atomic E-state index is 11.1. The van der Waals surface area contributed by atoms with E-state index < -0.39 is 5.91 Å². The van der Waals surface area contributed by atoms with Crippen molar-refractivity contribution in [2.24, 2.45) is 5.73 Å². The predicted molar refractivity (Wildman–Crippen MR) is 79.9 cm³/mol. The average molecular weight is 290 g/mol. The molecule has 1 amide bonds. The average Bonchev–Trinajstić information content (AvgIpc) is 3.01. The number of hydrogen-bond donors (Lipinski definition) is 2. The lowest BCUT2D eigenvalue weighted by molar-refractivity contribution is -0.114. The van der Waals surface area contributed by atoms with Crippen molar-refractivity contribution < 1.29 is 4.79 Å². The number of carbonyl (C=O) groups excluding carboxylic acids is 1. The molecule has 0 aliphatic carbocycles. The van der Waals surface area contributed by atoms with Gasteiger partial charge < -0.3 is 10.7 Å². The third-order valence-corrected chi connectivity index (χ3v) is 3.07. The molecular formula is C15H10N6O. The van der Waals surface area contributed by atoms with Crippen molar-refractivity contribution in [2.75, 3.05) is 0 Å². The molecular weight excluding hydrogens is 280 g/mol. The van der Waals surface area contributed by atoms with Crippen molar-refractivity contribution in [2.45, 2.75) is 0 Å². The summed E-state index contributed by atoms with van der Waals surface area (Å²) in [4.78, 5) is 26.6. The van der Waals surface area contributed by atoms with Gasteiger partial charge in [0.05, 0.1) is 6.33 Å². The molecule has 0 fully saturated rings. The highest BCUT2D eigenvalue weighted by Gasteiger charge is 2.09. The Kier molecular flexibility index (Phi) is 3.34. The summed E-state index contributed by atoms with van der Waals surface area (Å²) in [5, 5.41) is 8.90. The van der Waals surface area contributed by atoms with Crippen molar-refractivity contribution in [3.63, 3.8) is 0 Å². The number of nitrogens with one attached hydrogen (secondary N) is 1. The van der Waals surface area contributed by atoms with E-state index in [0.29, 0.717) is 22.4 Å². The molecule has 1 aromatic carbocycles. The molecule has 3 rings (SSSR count). The number of benzene rings is 1. The number of amides is 1. The maximum absolute atomic E-state index is 11.1. The molecule has 0 atom stereocenters. The van der Waals surface area contributed by atoms with Gasteiger partial charge in [-0.3, -0.25) is 4.79 Å². The summed E-state index contributed by atoms with van der Waals surface area (Å²) in [5.41, 5.74) is 8.47. The summed E-state index contributed by atoms with van der Waals surface area (Å²) >= 11 is 0. The number of nitriles is 1. The molecule has 3 aromatic rings. The van der Waals surface area contributed by atoms with Crippen LogP contribution in [0.15, 0.2) is 42.5 Å². The summed E-state index contributed by atoms with van der Waals surface area (Å²) in [7, 11) is 0. The Balaban J connectivity index is 2.11. The molecule has 0 radical (unpaired) electrons. The van der Waals surface area contributed by atoms with Gasteiger partial charge in [-0.15, -0.1) is 0 Å². The van der Waals surface area contributed by atoms with Crippen molar-refractivity contribution in [1.29, 1.82) is 5.26 Å². The molecule has 106 valence electrons. The smallest absolute Gasteiger partial charge is 0.259 e. The van der Waals surface area contributed by atoms with E-state index in [9.17, 15) is 4.79 Å². The second-order valence-electron chi connectivity index (χ2n) is 4.48. The highest BCUT2D eigenvalue weighted by Crippen LogP contribution is 2.24. The molecule has 22 heavy (non-hydrogen) atoms. The summed E-state index contributed by atoms with van der Waals surface area (Å²) in [6, 6.07) is 9.02. The highest BCUT2D eigenvalue weighted by molar-refractivity contribution is 6.00. The zero-order chi connectivity index (χ0) is 15.5. The van der Waals surface area contributed by atoms with Crippen LogP contribution in [0.5, 0.6) is 0 Å². The molecule has 0 aliphatic rings. The zero-order valence-electron chi connectivity index (χ0n) is 11.3. The van der Waals surface area contributed by atoms with Crippen LogP contribution in [-0.4, -0.2) is 25.8 Å². The molecule has 2 heterocycles. The van der Waals surface area contributed by atoms with Gasteiger partial charge in [0, 0.05) is 5.56 Å². The Bertz CT molecular complexity index is 934. The Morgan fingerprint density at radius 3 is 2.95 bits per heavy atom. The molecule has 0 bridgehead atoms. The first-order valence-corrected chi connectivity index (χ1v) is 6.35. The fourth-order valence-corrected chi connectivity index (χ4v) is 2.08. The fraction of sp³-hybridized carbons (Fsp3) is 0. The molecule has 7 nitrogen and oxygen atoms in total. The first-order chi connectivity index (χ1) is 10.7. The SMILES string of the molecule is N#C/C(=C\c1cccc(-c2ncnc3[nH]cnc23)c1)C(N)=O. The number of fused-ring (bicyclic) bond motifs is 1. The Morgan fingerprint density at radius 2 is 2.18 bits per heavy atom. The normalized spacial score (nSPS) is 11.3. The van der Waals surface area contributed by atoms with E-state index in [1.165, 1.54) is 12.4 Å². The van der Waals surface area contributed by atoms with Crippen LogP contribution >= 0.6 is 0 Å². The van der Waals surface area contributed by atoms with Gasteiger partial charge in [-0.2, -0.15) is 5.26 Å². The van der Waals surface area contributed by atoms with Crippen LogP contribution in [0.1, 0.15) is 5.56 Å². The maximum Gasteiger partial charge on any atom is 0.259 e. The summed E-state index contributed by atoms with van der Waals surface area (Å²) in [6.07, 6.45) is 4.44. The van der Waals surface area contributed by atoms with Crippen LogP contribution in [-0.2, 0) is 4.79 Å². The molecule has 0 spiro atoms. The van der Waals surface area contributed by atoms with Gasteiger partial charge in [0.15, 0.2) is 5.65 Å². The summed E-state index contributed by atoms with van der Waals surface area (Å²) < 4.78 is 0. The van der Waals surface area contributed by atoms with Crippen LogP contribution in [0, 0.1) is 11.3 Å². The zero-order valence-corrected chi connectivity index (χ0v) is 11.3. The number of nitrogens with zero attached hydrogens (tertiary/aromatic N) is 4. The predicted octanol–water partition coefficient (Wildman–Crippen LogP) is 1.41. The highest BCUT2D eigenvalue weighted by atomic mass is 16.1. The Morgan fingerprint density at radius 1 is 1.32 bits per heavy atom. The molecule has 0 saturated heterocycles. The Labute approximate surface area is 125 Å². The topological polar surface area (TPSA) is 121 Å². The van der Waals surface area contributed by atoms with Crippen LogP contribution in [0.2, 0.25) is 0 Å². The largest absolute Gasteiger partial charge is 0.365 e. The summed E-state index contributed by atoms with van der Waals surface area (Å²) in [5.74, 6) is -0.760. The fourth-order valence-electron chi connectivity index (χ4n) is 2.08. The van der Waals surface area contributed by atoms with Crippen LogP contribution in [0.25, 0.3) is 28.5 Å². The molecule has 0 unspecified atom stereocenters.